The number of hydrogen-bond acceptors (Lipinski definition) is 5. The number of nitrogens with zero attached hydrogens (tertiary/aromatic N) is 3. The molecule has 1 aromatic heterocycles. The lowest BCUT2D eigenvalue weighted by Crippen LogP contribution is -1.99. The van der Waals surface area contributed by atoms with Crippen LogP contribution in [0.2, 0.25) is 5.28 Å². The predicted octanol–water partition coefficient (Wildman–Crippen LogP) is 2.99. The summed E-state index contributed by atoms with van der Waals surface area (Å²) in [5.41, 5.74) is 8.26. The number of hydrogen-bond donors (Lipinski definition) is 1. The van der Waals surface area contributed by atoms with Gasteiger partial charge in [-0.1, -0.05) is 0 Å². The molecule has 0 fully saturated rings. The molecule has 0 bridgehead atoms. The second-order valence-electron chi connectivity index (χ2n) is 4.05. The van der Waals surface area contributed by atoms with E-state index in [1.54, 1.807) is 12.1 Å². The van der Waals surface area contributed by atoms with Crippen LogP contribution in [0, 0.1) is 25.2 Å². The van der Waals surface area contributed by atoms with Gasteiger partial charge in [-0.05, 0) is 48.7 Å². The van der Waals surface area contributed by atoms with E-state index in [1.165, 1.54) is 6.20 Å². The van der Waals surface area contributed by atoms with Crippen molar-refractivity contribution in [3.05, 3.63) is 40.3 Å². The van der Waals surface area contributed by atoms with E-state index in [-0.39, 0.29) is 11.2 Å². The summed E-state index contributed by atoms with van der Waals surface area (Å²) in [6, 6.07) is 5.57. The molecule has 2 N–H and O–H groups in total. The van der Waals surface area contributed by atoms with E-state index in [4.69, 9.17) is 27.3 Å². The smallest absolute Gasteiger partial charge is 0.247 e. The number of benzene rings is 1. The molecule has 0 atom stereocenters. The van der Waals surface area contributed by atoms with Gasteiger partial charge in [0.1, 0.15) is 11.4 Å². The Kier molecular flexibility index (Phi) is 3.54. The number of ether oxygens (including phenoxy) is 1. The summed E-state index contributed by atoms with van der Waals surface area (Å²) < 4.78 is 5.68. The molecule has 0 aliphatic carbocycles. The quantitative estimate of drug-likeness (QED) is 0.851. The van der Waals surface area contributed by atoms with Crippen molar-refractivity contribution in [2.75, 3.05) is 5.73 Å². The molecule has 96 valence electrons. The fourth-order valence-corrected chi connectivity index (χ4v) is 1.84. The number of aromatic nitrogens is 2. The first-order chi connectivity index (χ1) is 9.01. The van der Waals surface area contributed by atoms with Gasteiger partial charge in [-0.15, -0.1) is 0 Å². The second-order valence-corrected chi connectivity index (χ2v) is 4.39. The third-order valence-electron chi connectivity index (χ3n) is 2.54. The highest BCUT2D eigenvalue weighted by molar-refractivity contribution is 6.28. The van der Waals surface area contributed by atoms with Crippen LogP contribution in [0.3, 0.4) is 0 Å². The molecule has 0 amide bonds. The zero-order chi connectivity index (χ0) is 14.0. The van der Waals surface area contributed by atoms with Gasteiger partial charge < -0.3 is 10.5 Å². The summed E-state index contributed by atoms with van der Waals surface area (Å²) in [4.78, 5) is 7.69. The van der Waals surface area contributed by atoms with Gasteiger partial charge in [-0.3, -0.25) is 0 Å². The van der Waals surface area contributed by atoms with E-state index in [9.17, 15) is 0 Å². The minimum absolute atomic E-state index is 0.0631. The summed E-state index contributed by atoms with van der Waals surface area (Å²) in [5, 5.41) is 8.96. The molecule has 0 unspecified atom stereocenters. The van der Waals surface area contributed by atoms with Gasteiger partial charge in [0.05, 0.1) is 17.8 Å². The molecule has 1 heterocycles. The Balaban J connectivity index is 2.44. The lowest BCUT2D eigenvalue weighted by molar-refractivity contribution is 0.457. The summed E-state index contributed by atoms with van der Waals surface area (Å²) in [6.45, 7) is 3.70. The molecule has 0 spiro atoms. The lowest BCUT2D eigenvalue weighted by atomic mass is 10.1. The summed E-state index contributed by atoms with van der Waals surface area (Å²) >= 11 is 5.71. The number of rotatable bonds is 2. The standard InChI is InChI=1S/C13H11ClN4O/c1-7-3-9(5-15)4-8(2)11(7)19-12-10(16)6-17-13(14)18-12/h3-4,6H,16H2,1-2H3. The van der Waals surface area contributed by atoms with Crippen LogP contribution in [-0.2, 0) is 0 Å². The predicted molar refractivity (Wildman–Crippen MR) is 72.2 cm³/mol. The fourth-order valence-electron chi connectivity index (χ4n) is 1.71. The average Bonchev–Trinajstić information content (AvgIpc) is 2.37. The molecule has 0 aliphatic heterocycles. The van der Waals surface area contributed by atoms with Crippen molar-refractivity contribution in [3.8, 4) is 17.7 Å². The Morgan fingerprint density at radius 1 is 1.32 bits per heavy atom. The molecule has 0 saturated carbocycles. The molecule has 0 aliphatic rings. The highest BCUT2D eigenvalue weighted by atomic mass is 35.5. The van der Waals surface area contributed by atoms with Crippen LogP contribution >= 0.6 is 11.6 Å². The molecular formula is C13H11ClN4O. The van der Waals surface area contributed by atoms with Gasteiger partial charge in [0.2, 0.25) is 11.2 Å². The van der Waals surface area contributed by atoms with Gasteiger partial charge >= 0.3 is 0 Å². The summed E-state index contributed by atoms with van der Waals surface area (Å²) in [5.74, 6) is 0.816. The van der Waals surface area contributed by atoms with Crippen molar-refractivity contribution in [1.29, 1.82) is 5.26 Å². The Morgan fingerprint density at radius 2 is 1.95 bits per heavy atom. The van der Waals surface area contributed by atoms with Crippen molar-refractivity contribution in [2.24, 2.45) is 0 Å². The third-order valence-corrected chi connectivity index (χ3v) is 2.72. The minimum Gasteiger partial charge on any atom is -0.436 e. The maximum Gasteiger partial charge on any atom is 0.247 e. The van der Waals surface area contributed by atoms with Crippen molar-refractivity contribution in [3.63, 3.8) is 0 Å². The monoisotopic (exact) mass is 274 g/mol. The van der Waals surface area contributed by atoms with Gasteiger partial charge in [0, 0.05) is 0 Å². The SMILES string of the molecule is Cc1cc(C#N)cc(C)c1Oc1nc(Cl)ncc1N. The van der Waals surface area contributed by atoms with Crippen molar-refractivity contribution < 1.29 is 4.74 Å². The highest BCUT2D eigenvalue weighted by Gasteiger charge is 2.11. The molecule has 2 aromatic rings. The number of anilines is 1. The highest BCUT2D eigenvalue weighted by Crippen LogP contribution is 2.31. The van der Waals surface area contributed by atoms with Crippen molar-refractivity contribution in [1.82, 2.24) is 9.97 Å². The molecule has 5 nitrogen and oxygen atoms in total. The van der Waals surface area contributed by atoms with Crippen molar-refractivity contribution >= 4 is 17.3 Å². The van der Waals surface area contributed by atoms with Crippen LogP contribution in [-0.4, -0.2) is 9.97 Å². The van der Waals surface area contributed by atoms with Crippen LogP contribution in [0.15, 0.2) is 18.3 Å². The Hall–Kier alpha value is -2.32. The average molecular weight is 275 g/mol. The normalized spacial score (nSPS) is 10.0. The van der Waals surface area contributed by atoms with E-state index in [0.29, 0.717) is 17.0 Å². The van der Waals surface area contributed by atoms with E-state index in [1.807, 2.05) is 13.8 Å². The molecule has 19 heavy (non-hydrogen) atoms. The number of nitriles is 1. The topological polar surface area (TPSA) is 84.8 Å². The number of aryl methyl sites for hydroxylation is 2. The first-order valence-corrected chi connectivity index (χ1v) is 5.86. The lowest BCUT2D eigenvalue weighted by Gasteiger charge is -2.12. The van der Waals surface area contributed by atoms with Crippen LogP contribution in [0.1, 0.15) is 16.7 Å². The molecule has 2 rings (SSSR count). The van der Waals surface area contributed by atoms with E-state index >= 15 is 0 Å². The molecule has 0 radical (unpaired) electrons. The zero-order valence-electron chi connectivity index (χ0n) is 10.4. The van der Waals surface area contributed by atoms with E-state index in [0.717, 1.165) is 11.1 Å². The number of halogens is 1. The van der Waals surface area contributed by atoms with Crippen molar-refractivity contribution in [2.45, 2.75) is 13.8 Å². The maximum atomic E-state index is 8.90. The first-order valence-electron chi connectivity index (χ1n) is 5.48. The summed E-state index contributed by atoms with van der Waals surface area (Å²) in [7, 11) is 0. The maximum absolute atomic E-state index is 8.90. The Bertz CT molecular complexity index is 656. The van der Waals surface area contributed by atoms with E-state index < -0.39 is 0 Å². The zero-order valence-corrected chi connectivity index (χ0v) is 11.2. The van der Waals surface area contributed by atoms with Crippen LogP contribution < -0.4 is 10.5 Å². The third kappa shape index (κ3) is 2.75. The van der Waals surface area contributed by atoms with Gasteiger partial charge in [0.25, 0.3) is 0 Å². The molecule has 0 saturated heterocycles. The minimum atomic E-state index is 0.0631. The first kappa shape index (κ1) is 13.1. The van der Waals surface area contributed by atoms with E-state index in [2.05, 4.69) is 16.0 Å². The van der Waals surface area contributed by atoms with Crippen LogP contribution in [0.4, 0.5) is 5.69 Å². The summed E-state index contributed by atoms with van der Waals surface area (Å²) in [6.07, 6.45) is 1.39. The Labute approximate surface area is 115 Å². The van der Waals surface area contributed by atoms with Crippen LogP contribution in [0.25, 0.3) is 0 Å². The number of nitrogen functional groups attached to an aromatic ring is 1. The number of nitrogens with two attached hydrogens (primary N) is 1. The molecule has 1 aromatic carbocycles. The molecular weight excluding hydrogens is 264 g/mol. The fraction of sp³-hybridized carbons (Fsp3) is 0.154. The molecule has 6 heteroatoms. The van der Waals surface area contributed by atoms with Gasteiger partial charge in [-0.25, -0.2) is 4.98 Å². The second kappa shape index (κ2) is 5.12. The Morgan fingerprint density at radius 3 is 2.53 bits per heavy atom. The van der Waals surface area contributed by atoms with Crippen LogP contribution in [0.5, 0.6) is 11.6 Å². The largest absolute Gasteiger partial charge is 0.436 e. The van der Waals surface area contributed by atoms with Gasteiger partial charge in [0.15, 0.2) is 0 Å². The van der Waals surface area contributed by atoms with Gasteiger partial charge in [-0.2, -0.15) is 10.2 Å².